The number of halogens is 1. The largest absolute Gasteiger partial charge is 0.389 e. The van der Waals surface area contributed by atoms with Crippen LogP contribution in [0.1, 0.15) is 11.1 Å². The number of thiocarbonyl (C=S) groups is 1. The molecule has 0 saturated carbocycles. The second-order valence-electron chi connectivity index (χ2n) is 4.22. The van der Waals surface area contributed by atoms with E-state index in [1.807, 2.05) is 24.1 Å². The van der Waals surface area contributed by atoms with Crippen LogP contribution in [0.15, 0.2) is 42.7 Å². The molecule has 0 bridgehead atoms. The van der Waals surface area contributed by atoms with Crippen molar-refractivity contribution in [3.63, 3.8) is 0 Å². The molecule has 0 fully saturated rings. The average Bonchev–Trinajstić information content (AvgIpc) is 2.39. The van der Waals surface area contributed by atoms with Crippen LogP contribution < -0.4 is 10.6 Å². The summed E-state index contributed by atoms with van der Waals surface area (Å²) in [6.45, 7) is 0.604. The van der Waals surface area contributed by atoms with E-state index in [9.17, 15) is 4.39 Å². The highest BCUT2D eigenvalue weighted by atomic mass is 32.1. The van der Waals surface area contributed by atoms with Gasteiger partial charge in [0.05, 0.1) is 5.56 Å². The lowest BCUT2D eigenvalue weighted by Crippen LogP contribution is -2.22. The lowest BCUT2D eigenvalue weighted by molar-refractivity contribution is 0.624. The van der Waals surface area contributed by atoms with Crippen molar-refractivity contribution in [2.24, 2.45) is 5.73 Å². The Balaban J connectivity index is 2.31. The number of hydrogen-bond acceptors (Lipinski definition) is 3. The van der Waals surface area contributed by atoms with E-state index in [0.29, 0.717) is 12.2 Å². The summed E-state index contributed by atoms with van der Waals surface area (Å²) in [6.07, 6.45) is 3.49. The number of hydrogen-bond donors (Lipinski definition) is 1. The minimum Gasteiger partial charge on any atom is -0.389 e. The summed E-state index contributed by atoms with van der Waals surface area (Å²) in [5.41, 5.74) is 7.59. The second-order valence-corrected chi connectivity index (χ2v) is 4.66. The Bertz CT molecular complexity index is 586. The van der Waals surface area contributed by atoms with E-state index in [1.54, 1.807) is 24.5 Å². The molecule has 0 aliphatic carbocycles. The molecule has 1 heterocycles. The molecular formula is C14H14FN3S. The first kappa shape index (κ1) is 13.4. The lowest BCUT2D eigenvalue weighted by Gasteiger charge is -2.22. The molecule has 1 aromatic heterocycles. The average molecular weight is 275 g/mol. The third-order valence-electron chi connectivity index (χ3n) is 2.79. The predicted molar refractivity (Wildman–Crippen MR) is 78.6 cm³/mol. The summed E-state index contributed by atoms with van der Waals surface area (Å²) in [4.78, 5) is 6.01. The van der Waals surface area contributed by atoms with E-state index in [4.69, 9.17) is 18.0 Å². The van der Waals surface area contributed by atoms with Crippen molar-refractivity contribution in [1.29, 1.82) is 0 Å². The molecule has 0 spiro atoms. The lowest BCUT2D eigenvalue weighted by atomic mass is 10.1. The molecule has 19 heavy (non-hydrogen) atoms. The van der Waals surface area contributed by atoms with Gasteiger partial charge in [0.2, 0.25) is 0 Å². The number of rotatable bonds is 4. The molecule has 1 aromatic carbocycles. The van der Waals surface area contributed by atoms with Crippen molar-refractivity contribution in [2.45, 2.75) is 6.54 Å². The second kappa shape index (κ2) is 5.75. The zero-order chi connectivity index (χ0) is 13.8. The molecule has 0 aliphatic heterocycles. The number of nitrogens with two attached hydrogens (primary N) is 1. The fourth-order valence-corrected chi connectivity index (χ4v) is 2.13. The Hall–Kier alpha value is -2.01. The molecule has 0 atom stereocenters. The van der Waals surface area contributed by atoms with Crippen molar-refractivity contribution < 1.29 is 4.39 Å². The van der Waals surface area contributed by atoms with Gasteiger partial charge < -0.3 is 10.6 Å². The van der Waals surface area contributed by atoms with Crippen molar-refractivity contribution in [3.05, 3.63) is 59.7 Å². The minimum absolute atomic E-state index is 0.0612. The highest BCUT2D eigenvalue weighted by molar-refractivity contribution is 7.80. The molecule has 0 amide bonds. The summed E-state index contributed by atoms with van der Waals surface area (Å²) in [5.74, 6) is -0.400. The highest BCUT2D eigenvalue weighted by Crippen LogP contribution is 2.23. The van der Waals surface area contributed by atoms with Crippen LogP contribution in [0.5, 0.6) is 0 Å². The maximum atomic E-state index is 13.8. The number of pyridine rings is 1. The maximum Gasteiger partial charge on any atom is 0.135 e. The first-order valence-corrected chi connectivity index (χ1v) is 6.19. The van der Waals surface area contributed by atoms with E-state index in [-0.39, 0.29) is 10.6 Å². The third-order valence-corrected chi connectivity index (χ3v) is 3.00. The van der Waals surface area contributed by atoms with Gasteiger partial charge in [0.15, 0.2) is 0 Å². The Morgan fingerprint density at radius 3 is 2.79 bits per heavy atom. The van der Waals surface area contributed by atoms with Gasteiger partial charge in [-0.3, -0.25) is 4.98 Å². The van der Waals surface area contributed by atoms with E-state index in [1.165, 1.54) is 6.07 Å². The molecular weight excluding hydrogens is 261 g/mol. The van der Waals surface area contributed by atoms with Crippen molar-refractivity contribution in [1.82, 2.24) is 4.98 Å². The van der Waals surface area contributed by atoms with Gasteiger partial charge in [-0.1, -0.05) is 24.4 Å². The van der Waals surface area contributed by atoms with Crippen LogP contribution >= 0.6 is 12.2 Å². The fourth-order valence-electron chi connectivity index (χ4n) is 1.93. The van der Waals surface area contributed by atoms with Gasteiger partial charge in [-0.25, -0.2) is 4.39 Å². The van der Waals surface area contributed by atoms with Crippen LogP contribution in [-0.4, -0.2) is 17.0 Å². The SMILES string of the molecule is CN(Cc1cccnc1)c1cccc(F)c1C(N)=S. The Morgan fingerprint density at radius 2 is 2.16 bits per heavy atom. The fraction of sp³-hybridized carbons (Fsp3) is 0.143. The molecule has 98 valence electrons. The first-order chi connectivity index (χ1) is 9.09. The Kier molecular flexibility index (Phi) is 4.06. The van der Waals surface area contributed by atoms with E-state index >= 15 is 0 Å². The quantitative estimate of drug-likeness (QED) is 0.871. The summed E-state index contributed by atoms with van der Waals surface area (Å²) in [7, 11) is 1.86. The Labute approximate surface area is 116 Å². The Morgan fingerprint density at radius 1 is 1.37 bits per heavy atom. The van der Waals surface area contributed by atoms with Gasteiger partial charge in [-0.2, -0.15) is 0 Å². The molecule has 0 unspecified atom stereocenters. The number of aromatic nitrogens is 1. The van der Waals surface area contributed by atoms with Crippen molar-refractivity contribution in [2.75, 3.05) is 11.9 Å². The van der Waals surface area contributed by atoms with Crippen molar-refractivity contribution >= 4 is 22.9 Å². The van der Waals surface area contributed by atoms with Crippen LogP contribution in [0.25, 0.3) is 0 Å². The zero-order valence-corrected chi connectivity index (χ0v) is 11.3. The number of nitrogens with zero attached hydrogens (tertiary/aromatic N) is 2. The molecule has 0 saturated heterocycles. The predicted octanol–water partition coefficient (Wildman–Crippen LogP) is 2.49. The highest BCUT2D eigenvalue weighted by Gasteiger charge is 2.14. The third kappa shape index (κ3) is 3.06. The molecule has 0 aliphatic rings. The molecule has 3 nitrogen and oxygen atoms in total. The van der Waals surface area contributed by atoms with Gasteiger partial charge in [0.25, 0.3) is 0 Å². The van der Waals surface area contributed by atoms with Gasteiger partial charge in [-0.05, 0) is 23.8 Å². The zero-order valence-electron chi connectivity index (χ0n) is 10.5. The van der Waals surface area contributed by atoms with E-state index < -0.39 is 5.82 Å². The maximum absolute atomic E-state index is 13.8. The van der Waals surface area contributed by atoms with Crippen LogP contribution in [-0.2, 0) is 6.54 Å². The molecule has 0 radical (unpaired) electrons. The number of benzene rings is 1. The molecule has 2 rings (SSSR count). The smallest absolute Gasteiger partial charge is 0.135 e. The van der Waals surface area contributed by atoms with Crippen LogP contribution in [0, 0.1) is 5.82 Å². The van der Waals surface area contributed by atoms with Gasteiger partial charge >= 0.3 is 0 Å². The van der Waals surface area contributed by atoms with Crippen LogP contribution in [0.4, 0.5) is 10.1 Å². The van der Waals surface area contributed by atoms with Crippen LogP contribution in [0.3, 0.4) is 0 Å². The van der Waals surface area contributed by atoms with Crippen LogP contribution in [0.2, 0.25) is 0 Å². The summed E-state index contributed by atoms with van der Waals surface area (Å²) in [5, 5.41) is 0. The van der Waals surface area contributed by atoms with Crippen molar-refractivity contribution in [3.8, 4) is 0 Å². The van der Waals surface area contributed by atoms with Gasteiger partial charge in [0.1, 0.15) is 10.8 Å². The van der Waals surface area contributed by atoms with Gasteiger partial charge in [0, 0.05) is 31.7 Å². The standard InChI is InChI=1S/C14H14FN3S/c1-18(9-10-4-3-7-17-8-10)12-6-2-5-11(15)13(12)14(16)19/h2-8H,9H2,1H3,(H2,16,19). The first-order valence-electron chi connectivity index (χ1n) is 5.78. The molecule has 2 N–H and O–H groups in total. The molecule has 2 aromatic rings. The molecule has 5 heteroatoms. The normalized spacial score (nSPS) is 10.2. The minimum atomic E-state index is -0.400. The van der Waals surface area contributed by atoms with Gasteiger partial charge in [-0.15, -0.1) is 0 Å². The monoisotopic (exact) mass is 275 g/mol. The summed E-state index contributed by atoms with van der Waals surface area (Å²) < 4.78 is 13.8. The van der Waals surface area contributed by atoms with E-state index in [2.05, 4.69) is 4.98 Å². The number of anilines is 1. The summed E-state index contributed by atoms with van der Waals surface area (Å²) >= 11 is 4.92. The topological polar surface area (TPSA) is 42.2 Å². The summed E-state index contributed by atoms with van der Waals surface area (Å²) in [6, 6.07) is 8.63. The van der Waals surface area contributed by atoms with E-state index in [0.717, 1.165) is 5.56 Å².